The Morgan fingerprint density at radius 2 is 2.11 bits per heavy atom. The molecule has 0 aliphatic heterocycles. The molecule has 1 aliphatic carbocycles. The number of rotatable bonds is 5. The first-order valence-corrected chi connectivity index (χ1v) is 7.86. The van der Waals surface area contributed by atoms with Crippen molar-refractivity contribution in [2.24, 2.45) is 0 Å². The van der Waals surface area contributed by atoms with Crippen LogP contribution in [-0.2, 0) is 0 Å². The van der Waals surface area contributed by atoms with E-state index in [1.165, 1.54) is 24.8 Å². The molecule has 0 heterocycles. The van der Waals surface area contributed by atoms with Gasteiger partial charge in [-0.1, -0.05) is 53.9 Å². The molecule has 3 heteroatoms. The molecule has 104 valence electrons. The van der Waals surface area contributed by atoms with Crippen LogP contribution in [0.2, 0.25) is 10.0 Å². The van der Waals surface area contributed by atoms with Gasteiger partial charge in [-0.3, -0.25) is 0 Å². The van der Waals surface area contributed by atoms with Gasteiger partial charge in [0.15, 0.2) is 0 Å². The molecule has 0 fully saturated rings. The SMILES string of the molecule is CCCNC(C1=CCCCC1)c1cccc(Cl)c1Cl. The van der Waals surface area contributed by atoms with Crippen molar-refractivity contribution in [1.82, 2.24) is 5.32 Å². The maximum atomic E-state index is 6.39. The highest BCUT2D eigenvalue weighted by Crippen LogP contribution is 2.36. The lowest BCUT2D eigenvalue weighted by molar-refractivity contribution is 0.547. The highest BCUT2D eigenvalue weighted by Gasteiger charge is 2.20. The zero-order valence-electron chi connectivity index (χ0n) is 11.4. The topological polar surface area (TPSA) is 12.0 Å². The highest BCUT2D eigenvalue weighted by molar-refractivity contribution is 6.42. The second kappa shape index (κ2) is 7.33. The summed E-state index contributed by atoms with van der Waals surface area (Å²) in [5.74, 6) is 0. The first-order valence-electron chi connectivity index (χ1n) is 7.10. The summed E-state index contributed by atoms with van der Waals surface area (Å²) in [6.45, 7) is 3.17. The van der Waals surface area contributed by atoms with Crippen molar-refractivity contribution in [3.8, 4) is 0 Å². The summed E-state index contributed by atoms with van der Waals surface area (Å²) >= 11 is 12.5. The third-order valence-electron chi connectivity index (χ3n) is 3.59. The molecule has 0 spiro atoms. The van der Waals surface area contributed by atoms with Gasteiger partial charge in [0.25, 0.3) is 0 Å². The van der Waals surface area contributed by atoms with Crippen molar-refractivity contribution in [3.05, 3.63) is 45.5 Å². The van der Waals surface area contributed by atoms with E-state index in [0.29, 0.717) is 10.0 Å². The maximum Gasteiger partial charge on any atom is 0.0643 e. The quantitative estimate of drug-likeness (QED) is 0.704. The number of allylic oxidation sites excluding steroid dienone is 1. The van der Waals surface area contributed by atoms with Crippen LogP contribution in [0.4, 0.5) is 0 Å². The van der Waals surface area contributed by atoms with Crippen LogP contribution in [0, 0.1) is 0 Å². The number of benzene rings is 1. The van der Waals surface area contributed by atoms with E-state index in [9.17, 15) is 0 Å². The predicted octanol–water partition coefficient (Wildman–Crippen LogP) is 5.53. The van der Waals surface area contributed by atoms with Gasteiger partial charge < -0.3 is 5.32 Å². The van der Waals surface area contributed by atoms with Gasteiger partial charge in [0.2, 0.25) is 0 Å². The van der Waals surface area contributed by atoms with Gasteiger partial charge in [0, 0.05) is 0 Å². The molecule has 1 atom stereocenters. The van der Waals surface area contributed by atoms with Gasteiger partial charge in [-0.25, -0.2) is 0 Å². The van der Waals surface area contributed by atoms with E-state index in [4.69, 9.17) is 23.2 Å². The van der Waals surface area contributed by atoms with Crippen LogP contribution in [0.15, 0.2) is 29.8 Å². The van der Waals surface area contributed by atoms with Crippen molar-refractivity contribution in [2.45, 2.75) is 45.1 Å². The van der Waals surface area contributed by atoms with Crippen molar-refractivity contribution in [2.75, 3.05) is 6.54 Å². The molecule has 0 saturated heterocycles. The highest BCUT2D eigenvalue weighted by atomic mass is 35.5. The summed E-state index contributed by atoms with van der Waals surface area (Å²) in [5.41, 5.74) is 2.57. The number of hydrogen-bond donors (Lipinski definition) is 1. The Labute approximate surface area is 126 Å². The van der Waals surface area contributed by atoms with Gasteiger partial charge in [-0.05, 0) is 50.3 Å². The molecular weight excluding hydrogens is 277 g/mol. The third-order valence-corrected chi connectivity index (χ3v) is 4.42. The Morgan fingerprint density at radius 1 is 1.26 bits per heavy atom. The van der Waals surface area contributed by atoms with Gasteiger partial charge in [0.05, 0.1) is 16.1 Å². The van der Waals surface area contributed by atoms with Crippen molar-refractivity contribution in [1.29, 1.82) is 0 Å². The van der Waals surface area contributed by atoms with Crippen LogP contribution in [0.1, 0.15) is 50.6 Å². The first-order chi connectivity index (χ1) is 9.24. The van der Waals surface area contributed by atoms with Gasteiger partial charge >= 0.3 is 0 Å². The predicted molar refractivity (Wildman–Crippen MR) is 84.0 cm³/mol. The normalized spacial score (nSPS) is 17.1. The fraction of sp³-hybridized carbons (Fsp3) is 0.500. The maximum absolute atomic E-state index is 6.39. The Kier molecular flexibility index (Phi) is 5.75. The van der Waals surface area contributed by atoms with Crippen LogP contribution in [-0.4, -0.2) is 6.54 Å². The van der Waals surface area contributed by atoms with Crippen molar-refractivity contribution in [3.63, 3.8) is 0 Å². The summed E-state index contributed by atoms with van der Waals surface area (Å²) in [4.78, 5) is 0. The number of nitrogens with one attached hydrogen (secondary N) is 1. The average Bonchev–Trinajstić information content (AvgIpc) is 2.45. The Hall–Kier alpha value is -0.500. The lowest BCUT2D eigenvalue weighted by Crippen LogP contribution is -2.25. The Morgan fingerprint density at radius 3 is 2.79 bits per heavy atom. The van der Waals surface area contributed by atoms with Crippen LogP contribution in [0.5, 0.6) is 0 Å². The molecule has 0 saturated carbocycles. The van der Waals surface area contributed by atoms with Gasteiger partial charge in [0.1, 0.15) is 0 Å². The van der Waals surface area contributed by atoms with E-state index in [0.717, 1.165) is 24.9 Å². The standard InChI is InChI=1S/C16H21Cl2N/c1-2-11-19-16(12-7-4-3-5-8-12)13-9-6-10-14(17)15(13)18/h6-7,9-10,16,19H,2-5,8,11H2,1H3. The van der Waals surface area contributed by atoms with Crippen molar-refractivity contribution >= 4 is 23.2 Å². The van der Waals surface area contributed by atoms with E-state index >= 15 is 0 Å². The molecule has 1 aromatic carbocycles. The smallest absolute Gasteiger partial charge is 0.0643 e. The summed E-state index contributed by atoms with van der Waals surface area (Å²) in [5, 5.41) is 4.93. The summed E-state index contributed by atoms with van der Waals surface area (Å²) in [6, 6.07) is 6.12. The molecule has 0 radical (unpaired) electrons. The zero-order chi connectivity index (χ0) is 13.7. The molecule has 0 amide bonds. The molecule has 2 rings (SSSR count). The molecule has 1 unspecified atom stereocenters. The number of halogens is 2. The molecule has 1 aliphatic rings. The summed E-state index contributed by atoms with van der Waals surface area (Å²) < 4.78 is 0. The van der Waals surface area contributed by atoms with E-state index in [-0.39, 0.29) is 6.04 Å². The fourth-order valence-corrected chi connectivity index (χ4v) is 3.02. The lowest BCUT2D eigenvalue weighted by atomic mass is 9.89. The van der Waals surface area contributed by atoms with E-state index in [2.05, 4.69) is 24.4 Å². The van der Waals surface area contributed by atoms with Crippen LogP contribution >= 0.6 is 23.2 Å². The van der Waals surface area contributed by atoms with E-state index < -0.39 is 0 Å². The largest absolute Gasteiger partial charge is 0.306 e. The van der Waals surface area contributed by atoms with Crippen LogP contribution < -0.4 is 5.32 Å². The molecule has 19 heavy (non-hydrogen) atoms. The Balaban J connectivity index is 2.30. The second-order valence-electron chi connectivity index (χ2n) is 5.06. The minimum absolute atomic E-state index is 0.214. The molecule has 1 aromatic rings. The monoisotopic (exact) mass is 297 g/mol. The van der Waals surface area contributed by atoms with Crippen molar-refractivity contribution < 1.29 is 0 Å². The fourth-order valence-electron chi connectivity index (χ4n) is 2.60. The van der Waals surface area contributed by atoms with Gasteiger partial charge in [-0.2, -0.15) is 0 Å². The third kappa shape index (κ3) is 3.75. The van der Waals surface area contributed by atoms with E-state index in [1.807, 2.05) is 12.1 Å². The molecule has 1 N–H and O–H groups in total. The molecule has 0 bridgehead atoms. The molecule has 1 nitrogen and oxygen atoms in total. The minimum atomic E-state index is 0.214. The van der Waals surface area contributed by atoms with Crippen LogP contribution in [0.25, 0.3) is 0 Å². The van der Waals surface area contributed by atoms with Gasteiger partial charge in [-0.15, -0.1) is 0 Å². The summed E-state index contributed by atoms with van der Waals surface area (Å²) in [6.07, 6.45) is 8.39. The second-order valence-corrected chi connectivity index (χ2v) is 5.84. The minimum Gasteiger partial charge on any atom is -0.306 e. The first kappa shape index (κ1) is 14.9. The van der Waals surface area contributed by atoms with Crippen LogP contribution in [0.3, 0.4) is 0 Å². The summed E-state index contributed by atoms with van der Waals surface area (Å²) in [7, 11) is 0. The number of hydrogen-bond acceptors (Lipinski definition) is 1. The average molecular weight is 298 g/mol. The van der Waals surface area contributed by atoms with E-state index in [1.54, 1.807) is 0 Å². The molecular formula is C16H21Cl2N. The Bertz CT molecular complexity index is 454. The lowest BCUT2D eigenvalue weighted by Gasteiger charge is -2.26. The molecule has 0 aromatic heterocycles. The zero-order valence-corrected chi connectivity index (χ0v) is 12.9.